The van der Waals surface area contributed by atoms with Crippen LogP contribution in [0.5, 0.6) is 11.5 Å². The van der Waals surface area contributed by atoms with Crippen LogP contribution < -0.4 is 19.5 Å². The molecule has 2 aromatic carbocycles. The molecule has 0 atom stereocenters. The maximum absolute atomic E-state index is 12.8. The molecule has 2 N–H and O–H groups in total. The van der Waals surface area contributed by atoms with Gasteiger partial charge in [-0.1, -0.05) is 6.07 Å². The summed E-state index contributed by atoms with van der Waals surface area (Å²) in [5.74, 6) is 0.328. The lowest BCUT2D eigenvalue weighted by atomic mass is 10.1. The molecule has 10 heteroatoms. The number of nitrogens with zero attached hydrogens (tertiary/aromatic N) is 1. The average molecular weight is 431 g/mol. The predicted octanol–water partition coefficient (Wildman–Crippen LogP) is 1.22. The van der Waals surface area contributed by atoms with Gasteiger partial charge in [0.2, 0.25) is 5.91 Å². The molecule has 0 aromatic heterocycles. The van der Waals surface area contributed by atoms with Gasteiger partial charge in [-0.3, -0.25) is 14.3 Å². The molecule has 2 amide bonds. The van der Waals surface area contributed by atoms with Gasteiger partial charge in [-0.2, -0.15) is 0 Å². The first-order valence-corrected chi connectivity index (χ1v) is 11.0. The number of carbonyl (C=O) groups is 2. The van der Waals surface area contributed by atoms with Gasteiger partial charge in [0.25, 0.3) is 15.9 Å². The molecule has 0 saturated carbocycles. The number of sulfonamides is 1. The van der Waals surface area contributed by atoms with Crippen molar-refractivity contribution in [1.29, 1.82) is 0 Å². The first-order valence-electron chi connectivity index (χ1n) is 9.51. The molecule has 2 aliphatic rings. The Morgan fingerprint density at radius 2 is 1.87 bits per heavy atom. The number of anilines is 1. The van der Waals surface area contributed by atoms with Gasteiger partial charge in [0, 0.05) is 36.8 Å². The highest BCUT2D eigenvalue weighted by Gasteiger charge is 2.23. The van der Waals surface area contributed by atoms with E-state index >= 15 is 0 Å². The van der Waals surface area contributed by atoms with E-state index in [1.54, 1.807) is 24.3 Å². The number of carbonyl (C=O) groups excluding carboxylic acids is 2. The van der Waals surface area contributed by atoms with Crippen LogP contribution in [-0.4, -0.2) is 58.0 Å². The Kier molecular flexibility index (Phi) is 5.49. The first kappa shape index (κ1) is 20.0. The van der Waals surface area contributed by atoms with Crippen molar-refractivity contribution in [2.24, 2.45) is 0 Å². The quantitative estimate of drug-likeness (QED) is 0.753. The third kappa shape index (κ3) is 4.33. The maximum Gasteiger partial charge on any atom is 0.262 e. The minimum absolute atomic E-state index is 0.0218. The first-order chi connectivity index (χ1) is 14.4. The number of rotatable bonds is 4. The predicted molar refractivity (Wildman–Crippen MR) is 108 cm³/mol. The van der Waals surface area contributed by atoms with Gasteiger partial charge in [0.15, 0.2) is 11.5 Å². The molecular formula is C20H21N3O6S. The summed E-state index contributed by atoms with van der Waals surface area (Å²) in [7, 11) is -3.91. The number of benzene rings is 2. The molecule has 1 saturated heterocycles. The number of amides is 2. The molecule has 0 spiro atoms. The summed E-state index contributed by atoms with van der Waals surface area (Å²) in [5, 5.41) is 2.66. The Balaban J connectivity index is 1.54. The van der Waals surface area contributed by atoms with E-state index in [1.807, 2.05) is 0 Å². The van der Waals surface area contributed by atoms with Crippen LogP contribution in [-0.2, 0) is 14.8 Å². The number of nitrogens with one attached hydrogen (secondary N) is 2. The molecule has 4 rings (SSSR count). The molecule has 0 aliphatic carbocycles. The molecule has 2 aromatic rings. The zero-order valence-electron chi connectivity index (χ0n) is 16.1. The van der Waals surface area contributed by atoms with E-state index in [-0.39, 0.29) is 28.9 Å². The van der Waals surface area contributed by atoms with E-state index in [9.17, 15) is 18.0 Å². The Morgan fingerprint density at radius 3 is 2.67 bits per heavy atom. The summed E-state index contributed by atoms with van der Waals surface area (Å²) in [6.07, 6.45) is 0.717. The molecule has 1 fully saturated rings. The normalized spacial score (nSPS) is 16.4. The summed E-state index contributed by atoms with van der Waals surface area (Å²) in [4.78, 5) is 25.6. The Hall–Kier alpha value is -3.27. The molecule has 0 bridgehead atoms. The van der Waals surface area contributed by atoms with Crippen LogP contribution in [0.4, 0.5) is 5.69 Å². The van der Waals surface area contributed by atoms with Crippen LogP contribution >= 0.6 is 0 Å². The highest BCUT2D eigenvalue weighted by molar-refractivity contribution is 7.92. The van der Waals surface area contributed by atoms with E-state index in [1.165, 1.54) is 23.1 Å². The summed E-state index contributed by atoms with van der Waals surface area (Å²) in [6, 6.07) is 10.6. The summed E-state index contributed by atoms with van der Waals surface area (Å²) in [6.45, 7) is 1.73. The second kappa shape index (κ2) is 8.23. The average Bonchev–Trinajstić information content (AvgIpc) is 2.98. The van der Waals surface area contributed by atoms with Crippen LogP contribution in [0, 0.1) is 0 Å². The van der Waals surface area contributed by atoms with E-state index in [0.29, 0.717) is 49.8 Å². The third-order valence-corrected chi connectivity index (χ3v) is 6.10. The fraction of sp³-hybridized carbons (Fsp3) is 0.300. The van der Waals surface area contributed by atoms with Gasteiger partial charge in [-0.05, 0) is 30.3 Å². The standard InChI is InChI=1S/C20H21N3O6S/c24-19-13-23(8-7-21-19)20(25)14-3-1-4-15(11-14)22-30(26,27)16-5-6-17-18(12-16)29-10-2-9-28-17/h1,3-6,11-12,22H,2,7-10,13H2,(H,21,24). The van der Waals surface area contributed by atoms with Gasteiger partial charge < -0.3 is 19.7 Å². The largest absolute Gasteiger partial charge is 0.490 e. The second-order valence-corrected chi connectivity index (χ2v) is 8.60. The Bertz CT molecular complexity index is 1090. The van der Waals surface area contributed by atoms with E-state index in [4.69, 9.17) is 9.47 Å². The number of fused-ring (bicyclic) bond motifs is 1. The van der Waals surface area contributed by atoms with Crippen LogP contribution in [0.15, 0.2) is 47.4 Å². The summed E-state index contributed by atoms with van der Waals surface area (Å²) < 4.78 is 39.3. The fourth-order valence-electron chi connectivity index (χ4n) is 3.24. The molecule has 2 heterocycles. The third-order valence-electron chi connectivity index (χ3n) is 4.72. The topological polar surface area (TPSA) is 114 Å². The second-order valence-electron chi connectivity index (χ2n) is 6.92. The molecule has 158 valence electrons. The lowest BCUT2D eigenvalue weighted by Crippen LogP contribution is -2.49. The van der Waals surface area contributed by atoms with Crippen molar-refractivity contribution in [2.45, 2.75) is 11.3 Å². The molecule has 2 aliphatic heterocycles. The highest BCUT2D eigenvalue weighted by atomic mass is 32.2. The van der Waals surface area contributed by atoms with Crippen molar-refractivity contribution in [3.8, 4) is 11.5 Å². The van der Waals surface area contributed by atoms with Gasteiger partial charge in [0.05, 0.1) is 24.7 Å². The van der Waals surface area contributed by atoms with Crippen molar-refractivity contribution < 1.29 is 27.5 Å². The van der Waals surface area contributed by atoms with Gasteiger partial charge in [-0.25, -0.2) is 8.42 Å². The summed E-state index contributed by atoms with van der Waals surface area (Å²) >= 11 is 0. The SMILES string of the molecule is O=C1CN(C(=O)c2cccc(NS(=O)(=O)c3ccc4c(c3)OCCCO4)c2)CCN1. The summed E-state index contributed by atoms with van der Waals surface area (Å²) in [5.41, 5.74) is 0.540. The van der Waals surface area contributed by atoms with Crippen molar-refractivity contribution in [2.75, 3.05) is 37.6 Å². The van der Waals surface area contributed by atoms with Gasteiger partial charge in [-0.15, -0.1) is 0 Å². The molecular weight excluding hydrogens is 410 g/mol. The van der Waals surface area contributed by atoms with Crippen molar-refractivity contribution in [3.63, 3.8) is 0 Å². The monoisotopic (exact) mass is 431 g/mol. The number of piperazine rings is 1. The smallest absolute Gasteiger partial charge is 0.262 e. The van der Waals surface area contributed by atoms with Crippen LogP contribution in [0.2, 0.25) is 0 Å². The lowest BCUT2D eigenvalue weighted by Gasteiger charge is -2.26. The zero-order chi connectivity index (χ0) is 21.1. The van der Waals surface area contributed by atoms with Gasteiger partial charge in [0.1, 0.15) is 0 Å². The van der Waals surface area contributed by atoms with Gasteiger partial charge >= 0.3 is 0 Å². The van der Waals surface area contributed by atoms with Crippen LogP contribution in [0.3, 0.4) is 0 Å². The van der Waals surface area contributed by atoms with Crippen molar-refractivity contribution in [3.05, 3.63) is 48.0 Å². The minimum atomic E-state index is -3.91. The Labute approximate surface area is 174 Å². The number of ether oxygens (including phenoxy) is 2. The minimum Gasteiger partial charge on any atom is -0.490 e. The fourth-order valence-corrected chi connectivity index (χ4v) is 4.30. The Morgan fingerprint density at radius 1 is 1.07 bits per heavy atom. The van der Waals surface area contributed by atoms with Crippen molar-refractivity contribution >= 4 is 27.5 Å². The molecule has 0 radical (unpaired) electrons. The molecule has 0 unspecified atom stereocenters. The van der Waals surface area contributed by atoms with Crippen LogP contribution in [0.1, 0.15) is 16.8 Å². The number of hydrogen-bond donors (Lipinski definition) is 2. The number of hydrogen-bond acceptors (Lipinski definition) is 6. The zero-order valence-corrected chi connectivity index (χ0v) is 16.9. The van der Waals surface area contributed by atoms with E-state index < -0.39 is 10.0 Å². The highest BCUT2D eigenvalue weighted by Crippen LogP contribution is 2.32. The maximum atomic E-state index is 12.8. The van der Waals surface area contributed by atoms with E-state index in [0.717, 1.165) is 0 Å². The van der Waals surface area contributed by atoms with Crippen LogP contribution in [0.25, 0.3) is 0 Å². The van der Waals surface area contributed by atoms with Crippen molar-refractivity contribution in [1.82, 2.24) is 10.2 Å². The van der Waals surface area contributed by atoms with E-state index in [2.05, 4.69) is 10.0 Å². The lowest BCUT2D eigenvalue weighted by molar-refractivity contribution is -0.123. The molecule has 9 nitrogen and oxygen atoms in total. The molecule has 30 heavy (non-hydrogen) atoms.